The summed E-state index contributed by atoms with van der Waals surface area (Å²) in [5, 5.41) is 4.66. The minimum atomic E-state index is 0.366. The van der Waals surface area contributed by atoms with Crippen LogP contribution < -0.4 is 11.3 Å². The largest absolute Gasteiger partial charge is 0.271 e. The van der Waals surface area contributed by atoms with Gasteiger partial charge in [-0.1, -0.05) is 19.8 Å². The Morgan fingerprint density at radius 2 is 2.11 bits per heavy atom. The second-order valence-corrected chi connectivity index (χ2v) is 6.19. The molecular weight excluding hydrogens is 304 g/mol. The highest BCUT2D eigenvalue weighted by molar-refractivity contribution is 9.10. The van der Waals surface area contributed by atoms with E-state index in [4.69, 9.17) is 5.84 Å². The van der Waals surface area contributed by atoms with Gasteiger partial charge in [0.15, 0.2) is 0 Å². The molecule has 3 N–H and O–H groups in total. The average Bonchev–Trinajstić information content (AvgIpc) is 3.04. The van der Waals surface area contributed by atoms with Gasteiger partial charge in [-0.05, 0) is 48.0 Å². The van der Waals surface area contributed by atoms with Crippen molar-refractivity contribution >= 4 is 15.9 Å². The van der Waals surface area contributed by atoms with Crippen LogP contribution in [0, 0.1) is 5.92 Å². The van der Waals surface area contributed by atoms with Gasteiger partial charge in [0.1, 0.15) is 0 Å². The fourth-order valence-electron chi connectivity index (χ4n) is 3.14. The van der Waals surface area contributed by atoms with Gasteiger partial charge in [0.2, 0.25) is 0 Å². The first-order chi connectivity index (χ1) is 9.21. The second-order valence-electron chi connectivity index (χ2n) is 5.40. The number of hydrazine groups is 1. The van der Waals surface area contributed by atoms with Gasteiger partial charge in [-0.2, -0.15) is 5.10 Å². The number of hydrogen-bond donors (Lipinski definition) is 2. The first kappa shape index (κ1) is 15.0. The molecule has 1 saturated carbocycles. The Kier molecular flexibility index (Phi) is 5.42. The summed E-state index contributed by atoms with van der Waals surface area (Å²) < 4.78 is 3.29. The normalized spacial score (nSPS) is 18.1. The number of nitrogens with two attached hydrogens (primary N) is 1. The predicted octanol–water partition coefficient (Wildman–Crippen LogP) is 2.79. The number of rotatable bonds is 6. The van der Waals surface area contributed by atoms with Gasteiger partial charge in [0, 0.05) is 19.0 Å². The molecule has 1 fully saturated rings. The van der Waals surface area contributed by atoms with Gasteiger partial charge in [-0.25, -0.2) is 0 Å². The van der Waals surface area contributed by atoms with Crippen LogP contribution in [0.25, 0.3) is 0 Å². The molecule has 19 heavy (non-hydrogen) atoms. The summed E-state index contributed by atoms with van der Waals surface area (Å²) in [6.45, 7) is 5.20. The van der Waals surface area contributed by atoms with Gasteiger partial charge in [0.05, 0.1) is 15.9 Å². The van der Waals surface area contributed by atoms with Crippen molar-refractivity contribution in [2.45, 2.75) is 65.0 Å². The molecule has 1 unspecified atom stereocenters. The van der Waals surface area contributed by atoms with E-state index in [9.17, 15) is 0 Å². The topological polar surface area (TPSA) is 55.9 Å². The molecule has 0 aliphatic heterocycles. The van der Waals surface area contributed by atoms with Crippen molar-refractivity contribution in [1.82, 2.24) is 15.2 Å². The minimum Gasteiger partial charge on any atom is -0.271 e. The SMILES string of the molecule is CCc1nn(CC)c(CC(NN)C2CCCC2)c1Br. The summed E-state index contributed by atoms with van der Waals surface area (Å²) in [5.41, 5.74) is 5.47. The van der Waals surface area contributed by atoms with Crippen molar-refractivity contribution < 1.29 is 0 Å². The molecule has 5 heteroatoms. The highest BCUT2D eigenvalue weighted by atomic mass is 79.9. The molecule has 0 saturated heterocycles. The van der Waals surface area contributed by atoms with E-state index >= 15 is 0 Å². The molecule has 0 radical (unpaired) electrons. The maximum absolute atomic E-state index is 5.79. The third-order valence-electron chi connectivity index (χ3n) is 4.29. The van der Waals surface area contributed by atoms with Crippen LogP contribution in [0.1, 0.15) is 50.9 Å². The first-order valence-corrected chi connectivity index (χ1v) is 8.20. The molecule has 1 aromatic heterocycles. The number of hydrogen-bond acceptors (Lipinski definition) is 3. The van der Waals surface area contributed by atoms with Crippen molar-refractivity contribution in [3.05, 3.63) is 15.9 Å². The van der Waals surface area contributed by atoms with Crippen molar-refractivity contribution in [1.29, 1.82) is 0 Å². The summed E-state index contributed by atoms with van der Waals surface area (Å²) in [7, 11) is 0. The molecule has 1 aromatic rings. The highest BCUT2D eigenvalue weighted by Gasteiger charge is 2.26. The average molecular weight is 329 g/mol. The second kappa shape index (κ2) is 6.86. The highest BCUT2D eigenvalue weighted by Crippen LogP contribution is 2.31. The van der Waals surface area contributed by atoms with E-state index in [0.717, 1.165) is 25.1 Å². The Balaban J connectivity index is 2.18. The van der Waals surface area contributed by atoms with Gasteiger partial charge in [0.25, 0.3) is 0 Å². The smallest absolute Gasteiger partial charge is 0.0766 e. The maximum atomic E-state index is 5.79. The van der Waals surface area contributed by atoms with Crippen molar-refractivity contribution in [2.75, 3.05) is 0 Å². The van der Waals surface area contributed by atoms with Crippen LogP contribution in [0.3, 0.4) is 0 Å². The van der Waals surface area contributed by atoms with E-state index in [1.807, 2.05) is 0 Å². The van der Waals surface area contributed by atoms with E-state index in [2.05, 4.69) is 45.0 Å². The van der Waals surface area contributed by atoms with E-state index in [1.165, 1.54) is 35.8 Å². The molecule has 108 valence electrons. The molecule has 4 nitrogen and oxygen atoms in total. The molecule has 1 aliphatic carbocycles. The van der Waals surface area contributed by atoms with Crippen LogP contribution >= 0.6 is 15.9 Å². The Morgan fingerprint density at radius 1 is 1.42 bits per heavy atom. The van der Waals surface area contributed by atoms with Crippen molar-refractivity contribution in [3.8, 4) is 0 Å². The van der Waals surface area contributed by atoms with Crippen LogP contribution in [-0.4, -0.2) is 15.8 Å². The summed E-state index contributed by atoms with van der Waals surface area (Å²) in [6, 6.07) is 0.366. The molecule has 1 heterocycles. The predicted molar refractivity (Wildman–Crippen MR) is 81.8 cm³/mol. The van der Waals surface area contributed by atoms with Crippen LogP contribution in [-0.2, 0) is 19.4 Å². The quantitative estimate of drug-likeness (QED) is 0.623. The van der Waals surface area contributed by atoms with Crippen molar-refractivity contribution in [2.24, 2.45) is 11.8 Å². The fraction of sp³-hybridized carbons (Fsp3) is 0.786. The molecule has 0 spiro atoms. The third kappa shape index (κ3) is 3.20. The van der Waals surface area contributed by atoms with Crippen LogP contribution in [0.5, 0.6) is 0 Å². The summed E-state index contributed by atoms with van der Waals surface area (Å²) in [5.74, 6) is 6.50. The number of halogens is 1. The molecule has 1 atom stereocenters. The Bertz CT molecular complexity index is 410. The molecule has 1 aliphatic rings. The lowest BCUT2D eigenvalue weighted by Crippen LogP contribution is -2.42. The van der Waals surface area contributed by atoms with Crippen LogP contribution in [0.15, 0.2) is 4.47 Å². The summed E-state index contributed by atoms with van der Waals surface area (Å²) in [4.78, 5) is 0. The molecule has 0 bridgehead atoms. The number of nitrogens with one attached hydrogen (secondary N) is 1. The molecular formula is C14H25BrN4. The van der Waals surface area contributed by atoms with E-state index in [0.29, 0.717) is 12.0 Å². The first-order valence-electron chi connectivity index (χ1n) is 7.41. The fourth-order valence-corrected chi connectivity index (χ4v) is 3.87. The number of nitrogens with zero attached hydrogens (tertiary/aromatic N) is 2. The Hall–Kier alpha value is -0.390. The monoisotopic (exact) mass is 328 g/mol. The lowest BCUT2D eigenvalue weighted by molar-refractivity contribution is 0.353. The zero-order valence-electron chi connectivity index (χ0n) is 12.0. The summed E-state index contributed by atoms with van der Waals surface area (Å²) in [6.07, 6.45) is 7.21. The molecule has 0 amide bonds. The zero-order chi connectivity index (χ0) is 13.8. The Morgan fingerprint density at radius 3 is 2.63 bits per heavy atom. The van der Waals surface area contributed by atoms with Gasteiger partial charge >= 0.3 is 0 Å². The molecule has 0 aromatic carbocycles. The zero-order valence-corrected chi connectivity index (χ0v) is 13.5. The van der Waals surface area contributed by atoms with Crippen molar-refractivity contribution in [3.63, 3.8) is 0 Å². The van der Waals surface area contributed by atoms with E-state index in [1.54, 1.807) is 0 Å². The third-order valence-corrected chi connectivity index (χ3v) is 5.21. The standard InChI is InChI=1S/C14H25BrN4/c1-3-11-14(15)13(19(4-2)18-11)9-12(17-16)10-7-5-6-8-10/h10,12,17H,3-9,16H2,1-2H3. The lowest BCUT2D eigenvalue weighted by atomic mass is 9.94. The van der Waals surface area contributed by atoms with E-state index in [-0.39, 0.29) is 0 Å². The molecule has 2 rings (SSSR count). The number of aromatic nitrogens is 2. The minimum absolute atomic E-state index is 0.366. The van der Waals surface area contributed by atoms with Crippen LogP contribution in [0.2, 0.25) is 0 Å². The van der Waals surface area contributed by atoms with Gasteiger partial charge in [-0.15, -0.1) is 0 Å². The van der Waals surface area contributed by atoms with E-state index < -0.39 is 0 Å². The lowest BCUT2D eigenvalue weighted by Gasteiger charge is -2.23. The maximum Gasteiger partial charge on any atom is 0.0766 e. The van der Waals surface area contributed by atoms with Crippen LogP contribution in [0.4, 0.5) is 0 Å². The van der Waals surface area contributed by atoms with Gasteiger partial charge in [-0.3, -0.25) is 16.0 Å². The van der Waals surface area contributed by atoms with Gasteiger partial charge < -0.3 is 0 Å². The number of aryl methyl sites for hydroxylation is 2. The summed E-state index contributed by atoms with van der Waals surface area (Å²) >= 11 is 3.72. The Labute approximate surface area is 124 Å².